The predicted octanol–water partition coefficient (Wildman–Crippen LogP) is 8.76. The van der Waals surface area contributed by atoms with Crippen molar-refractivity contribution >= 4 is 35.9 Å². The van der Waals surface area contributed by atoms with E-state index in [9.17, 15) is 24.3 Å². The van der Waals surface area contributed by atoms with E-state index in [0.717, 1.165) is 82.9 Å². The Hall–Kier alpha value is -1.73. The molecule has 2 N–H and O–H groups in total. The highest BCUT2D eigenvalue weighted by Crippen LogP contribution is 2.77. The lowest BCUT2D eigenvalue weighted by atomic mass is 9.33. The van der Waals surface area contributed by atoms with Crippen LogP contribution in [0.3, 0.4) is 0 Å². The average molecular weight is 716 g/mol. The Morgan fingerprint density at radius 1 is 0.880 bits per heavy atom. The maximum Gasteiger partial charge on any atom is 0.309 e. The minimum atomic E-state index is -1.16. The van der Waals surface area contributed by atoms with Crippen molar-refractivity contribution in [2.24, 2.45) is 62.1 Å². The summed E-state index contributed by atoms with van der Waals surface area (Å²) in [7, 11) is 0. The average Bonchev–Trinajstić information content (AvgIpc) is 3.32. The monoisotopic (exact) mass is 715 g/mol. The fraction of sp³-hybridized carbons (Fsp3) is 0.857. The quantitative estimate of drug-likeness (QED) is 0.242. The van der Waals surface area contributed by atoms with Crippen molar-refractivity contribution in [3.63, 3.8) is 0 Å². The minimum Gasteiger partial charge on any atom is -0.481 e. The zero-order chi connectivity index (χ0) is 35.9. The molecule has 4 saturated carbocycles. The topological polar surface area (TPSA) is 110 Å². The smallest absolute Gasteiger partial charge is 0.309 e. The van der Waals surface area contributed by atoms with Gasteiger partial charge in [-0.1, -0.05) is 48.5 Å². The number of fused-ring (bicyclic) bond motifs is 7. The molecule has 0 bridgehead atoms. The van der Waals surface area contributed by atoms with Crippen LogP contribution < -0.4 is 5.32 Å². The lowest BCUT2D eigenvalue weighted by Gasteiger charge is -2.72. The summed E-state index contributed by atoms with van der Waals surface area (Å²) >= 11 is 0. The number of ether oxygens (including phenoxy) is 1. The Bertz CT molecular complexity index is 1430. The minimum absolute atomic E-state index is 0. The van der Waals surface area contributed by atoms with Crippen molar-refractivity contribution in [2.75, 3.05) is 13.1 Å². The van der Waals surface area contributed by atoms with E-state index in [0.29, 0.717) is 36.4 Å². The van der Waals surface area contributed by atoms with Crippen LogP contribution >= 0.6 is 12.4 Å². The molecule has 1 heterocycles. The van der Waals surface area contributed by atoms with Gasteiger partial charge in [0.25, 0.3) is 0 Å². The Morgan fingerprint density at radius 2 is 1.54 bits per heavy atom. The van der Waals surface area contributed by atoms with Crippen LogP contribution in [-0.4, -0.2) is 47.8 Å². The predicted molar refractivity (Wildman–Crippen MR) is 198 cm³/mol. The summed E-state index contributed by atoms with van der Waals surface area (Å²) in [5, 5.41) is 13.0. The Labute approximate surface area is 307 Å². The zero-order valence-corrected chi connectivity index (χ0v) is 33.3. The highest BCUT2D eigenvalue weighted by atomic mass is 35.5. The van der Waals surface area contributed by atoms with Gasteiger partial charge in [0.1, 0.15) is 11.9 Å². The van der Waals surface area contributed by atoms with E-state index in [1.807, 2.05) is 0 Å². The van der Waals surface area contributed by atoms with Crippen molar-refractivity contribution in [1.82, 2.24) is 5.32 Å². The van der Waals surface area contributed by atoms with E-state index >= 15 is 0 Å². The number of ketones is 2. The third kappa shape index (κ3) is 5.85. The SMILES string of the molecule is CC(C)C1=C2[C@H]3CC[C@@H]4[C@@]5(C)CC[C@H](OC(=O)CC(C)(C)C(=O)O)C(C)(C)[C@@H]5CC[C@@]4(C)[C@]3(C)CC[C@@]2(C(=O)CC2CCNCC2)CC1=O.Cl. The Balaban J connectivity index is 0.00000486. The maximum atomic E-state index is 14.6. The van der Waals surface area contributed by atoms with E-state index in [1.54, 1.807) is 13.8 Å². The highest BCUT2D eigenvalue weighted by molar-refractivity contribution is 6.07. The van der Waals surface area contributed by atoms with Crippen molar-refractivity contribution in [3.05, 3.63) is 11.1 Å². The van der Waals surface area contributed by atoms with Crippen molar-refractivity contribution in [1.29, 1.82) is 0 Å². The number of hydrogen-bond acceptors (Lipinski definition) is 6. The van der Waals surface area contributed by atoms with Crippen LogP contribution in [0.2, 0.25) is 0 Å². The number of hydrogen-bond donors (Lipinski definition) is 2. The summed E-state index contributed by atoms with van der Waals surface area (Å²) in [4.78, 5) is 53.3. The number of carbonyl (C=O) groups is 4. The molecule has 0 radical (unpaired) electrons. The van der Waals surface area contributed by atoms with Crippen LogP contribution in [0.5, 0.6) is 0 Å². The maximum absolute atomic E-state index is 14.6. The van der Waals surface area contributed by atoms with E-state index in [2.05, 4.69) is 53.8 Å². The molecule has 6 aliphatic rings. The molecule has 5 aliphatic carbocycles. The van der Waals surface area contributed by atoms with Crippen LogP contribution in [-0.2, 0) is 23.9 Å². The van der Waals surface area contributed by atoms with Crippen LogP contribution in [0.15, 0.2) is 11.1 Å². The van der Waals surface area contributed by atoms with Crippen molar-refractivity contribution in [2.45, 2.75) is 152 Å². The number of esters is 1. The third-order valence-electron chi connectivity index (χ3n) is 16.3. The molecule has 282 valence electrons. The molecule has 50 heavy (non-hydrogen) atoms. The first-order chi connectivity index (χ1) is 22.7. The third-order valence-corrected chi connectivity index (χ3v) is 16.3. The van der Waals surface area contributed by atoms with Crippen molar-refractivity contribution in [3.8, 4) is 0 Å². The second-order valence-electron chi connectivity index (χ2n) is 19.8. The van der Waals surface area contributed by atoms with E-state index in [1.165, 1.54) is 5.57 Å². The van der Waals surface area contributed by atoms with E-state index in [-0.39, 0.29) is 64.2 Å². The molecule has 6 rings (SSSR count). The first-order valence-corrected chi connectivity index (χ1v) is 19.7. The first-order valence-electron chi connectivity index (χ1n) is 19.7. The summed E-state index contributed by atoms with van der Waals surface area (Å²) in [6.45, 7) is 21.6. The number of carboxylic acid groups (broad SMARTS) is 1. The number of allylic oxidation sites excluding steroid dienone is 2. The van der Waals surface area contributed by atoms with Gasteiger partial charge in [0.05, 0.1) is 17.3 Å². The van der Waals surface area contributed by atoms with Gasteiger partial charge in [-0.3, -0.25) is 19.2 Å². The Morgan fingerprint density at radius 3 is 2.16 bits per heavy atom. The summed E-state index contributed by atoms with van der Waals surface area (Å²) in [5.41, 5.74) is 0.413. The second kappa shape index (κ2) is 13.3. The second-order valence-corrected chi connectivity index (χ2v) is 19.8. The summed E-state index contributed by atoms with van der Waals surface area (Å²) < 4.78 is 6.16. The largest absolute Gasteiger partial charge is 0.481 e. The zero-order valence-electron chi connectivity index (χ0n) is 32.5. The molecule has 1 aliphatic heterocycles. The lowest BCUT2D eigenvalue weighted by molar-refractivity contribution is -0.233. The standard InChI is InChI=1S/C42H65NO6.ClH/c1-25(2)34-28(44)23-42(31(45)22-26-14-20-43-21-15-26)19-18-40(8)27(35(34)42)10-11-30-39(7)16-13-32(49-33(46)24-37(3,4)36(47)48)38(5,6)29(39)12-17-41(30,40)9;/h25-27,29-30,32,43H,10-24H2,1-9H3,(H,47,48);1H/t27-,29+,30-,32+,39+,40-,41-,42+;/m1./s1. The molecular formula is C42H66ClNO6. The summed E-state index contributed by atoms with van der Waals surface area (Å²) in [6.07, 6.45) is 10.6. The number of halogens is 1. The molecule has 0 amide bonds. The van der Waals surface area contributed by atoms with Gasteiger partial charge in [-0.05, 0) is 148 Å². The number of carbonyl (C=O) groups excluding carboxylic acids is 3. The van der Waals surface area contributed by atoms with Crippen LogP contribution in [0.1, 0.15) is 146 Å². The molecule has 8 heteroatoms. The van der Waals surface area contributed by atoms with Gasteiger partial charge < -0.3 is 15.2 Å². The molecule has 8 atom stereocenters. The van der Waals surface area contributed by atoms with Crippen LogP contribution in [0, 0.1) is 62.1 Å². The van der Waals surface area contributed by atoms with Gasteiger partial charge in [0.15, 0.2) is 5.78 Å². The van der Waals surface area contributed by atoms with E-state index < -0.39 is 22.8 Å². The first kappa shape index (κ1) is 39.5. The number of nitrogens with one attached hydrogen (secondary N) is 1. The number of aliphatic carboxylic acids is 1. The number of rotatable bonds is 8. The van der Waals surface area contributed by atoms with Crippen LogP contribution in [0.25, 0.3) is 0 Å². The van der Waals surface area contributed by atoms with Crippen molar-refractivity contribution < 1.29 is 29.0 Å². The van der Waals surface area contributed by atoms with Gasteiger partial charge in [-0.15, -0.1) is 12.4 Å². The molecule has 0 aromatic rings. The fourth-order valence-electron chi connectivity index (χ4n) is 13.3. The summed E-state index contributed by atoms with van der Waals surface area (Å²) in [6, 6.07) is 0. The number of piperidine rings is 1. The van der Waals surface area contributed by atoms with Crippen LogP contribution in [0.4, 0.5) is 0 Å². The van der Waals surface area contributed by atoms with Gasteiger partial charge in [0.2, 0.25) is 0 Å². The number of Topliss-reactive ketones (excluding diaryl/α,β-unsaturated/α-hetero) is 2. The van der Waals surface area contributed by atoms with Gasteiger partial charge in [0, 0.05) is 18.3 Å². The molecule has 5 fully saturated rings. The number of carboxylic acids is 1. The summed E-state index contributed by atoms with van der Waals surface area (Å²) in [5.74, 6) is 0.861. The van der Waals surface area contributed by atoms with Gasteiger partial charge in [-0.2, -0.15) is 0 Å². The van der Waals surface area contributed by atoms with Gasteiger partial charge in [-0.25, -0.2) is 0 Å². The fourth-order valence-corrected chi connectivity index (χ4v) is 13.3. The molecule has 0 aromatic carbocycles. The molecule has 7 nitrogen and oxygen atoms in total. The highest BCUT2D eigenvalue weighted by Gasteiger charge is 2.71. The lowest BCUT2D eigenvalue weighted by Crippen LogP contribution is -2.66. The molecular weight excluding hydrogens is 650 g/mol. The van der Waals surface area contributed by atoms with Gasteiger partial charge >= 0.3 is 11.9 Å². The molecule has 1 saturated heterocycles. The normalized spacial score (nSPS) is 39.8. The molecule has 0 spiro atoms. The van der Waals surface area contributed by atoms with E-state index in [4.69, 9.17) is 4.74 Å². The molecule has 0 unspecified atom stereocenters. The molecule has 0 aromatic heterocycles. The Kier molecular flexibility index (Phi) is 10.5.